The number of carbonyl (C=O) groups excluding carboxylic acids is 1. The van der Waals surface area contributed by atoms with Gasteiger partial charge in [-0.15, -0.1) is 0 Å². The topological polar surface area (TPSA) is 50.4 Å². The molecule has 0 atom stereocenters. The normalized spacial score (nSPS) is 10.0. The lowest BCUT2D eigenvalue weighted by Gasteiger charge is -2.07. The highest BCUT2D eigenvalue weighted by Crippen LogP contribution is 2.11. The quantitative estimate of drug-likeness (QED) is 0.750. The van der Waals surface area contributed by atoms with Gasteiger partial charge in [0, 0.05) is 13.1 Å². The van der Waals surface area contributed by atoms with Crippen LogP contribution in [-0.4, -0.2) is 26.1 Å². The molecule has 0 saturated heterocycles. The zero-order valence-electron chi connectivity index (χ0n) is 10.5. The van der Waals surface area contributed by atoms with Gasteiger partial charge in [0.15, 0.2) is 0 Å². The molecule has 0 heterocycles. The van der Waals surface area contributed by atoms with Crippen LogP contribution in [0.4, 0.5) is 0 Å². The van der Waals surface area contributed by atoms with E-state index in [0.29, 0.717) is 13.1 Å². The molecule has 0 fully saturated rings. The van der Waals surface area contributed by atoms with Crippen LogP contribution in [0.25, 0.3) is 0 Å². The van der Waals surface area contributed by atoms with Crippen molar-refractivity contribution < 1.29 is 9.53 Å². The Morgan fingerprint density at radius 3 is 2.94 bits per heavy atom. The smallest absolute Gasteiger partial charge is 0.233 e. The van der Waals surface area contributed by atoms with Gasteiger partial charge in [-0.05, 0) is 24.1 Å². The fourth-order valence-electron chi connectivity index (χ4n) is 1.43. The van der Waals surface area contributed by atoms with E-state index in [9.17, 15) is 4.79 Å². The molecular weight excluding hydrogens is 216 g/mol. The lowest BCUT2D eigenvalue weighted by atomic mass is 10.2. The van der Waals surface area contributed by atoms with E-state index < -0.39 is 0 Å². The van der Waals surface area contributed by atoms with E-state index in [1.807, 2.05) is 31.2 Å². The Bertz CT molecular complexity index is 353. The zero-order chi connectivity index (χ0) is 12.5. The SMILES string of the molecule is CCCNC(=O)CNCc1cccc(OC)c1. The molecule has 4 nitrogen and oxygen atoms in total. The summed E-state index contributed by atoms with van der Waals surface area (Å²) in [6, 6.07) is 7.79. The Morgan fingerprint density at radius 1 is 1.41 bits per heavy atom. The third kappa shape index (κ3) is 5.36. The third-order valence-corrected chi connectivity index (χ3v) is 2.32. The maximum Gasteiger partial charge on any atom is 0.233 e. The Balaban J connectivity index is 2.28. The van der Waals surface area contributed by atoms with Gasteiger partial charge >= 0.3 is 0 Å². The predicted molar refractivity (Wildman–Crippen MR) is 68.0 cm³/mol. The number of amides is 1. The predicted octanol–water partition coefficient (Wildman–Crippen LogP) is 1.31. The summed E-state index contributed by atoms with van der Waals surface area (Å²) in [5.74, 6) is 0.870. The van der Waals surface area contributed by atoms with Crippen LogP contribution < -0.4 is 15.4 Å². The molecule has 0 spiro atoms. The summed E-state index contributed by atoms with van der Waals surface area (Å²) in [7, 11) is 1.64. The lowest BCUT2D eigenvalue weighted by Crippen LogP contribution is -2.33. The number of hydrogen-bond acceptors (Lipinski definition) is 3. The second-order valence-corrected chi connectivity index (χ2v) is 3.81. The first-order valence-corrected chi connectivity index (χ1v) is 5.86. The molecular formula is C13H20N2O2. The summed E-state index contributed by atoms with van der Waals surface area (Å²) in [5.41, 5.74) is 1.10. The maximum absolute atomic E-state index is 11.3. The minimum absolute atomic E-state index is 0.0368. The number of hydrogen-bond donors (Lipinski definition) is 2. The second kappa shape index (κ2) is 7.68. The van der Waals surface area contributed by atoms with E-state index in [1.54, 1.807) is 7.11 Å². The van der Waals surface area contributed by atoms with Crippen molar-refractivity contribution in [2.24, 2.45) is 0 Å². The monoisotopic (exact) mass is 236 g/mol. The van der Waals surface area contributed by atoms with Crippen molar-refractivity contribution in [2.75, 3.05) is 20.2 Å². The number of nitrogens with one attached hydrogen (secondary N) is 2. The van der Waals surface area contributed by atoms with Crippen LogP contribution in [-0.2, 0) is 11.3 Å². The lowest BCUT2D eigenvalue weighted by molar-refractivity contribution is -0.120. The molecule has 1 aromatic carbocycles. The highest BCUT2D eigenvalue weighted by Gasteiger charge is 2.00. The Labute approximate surface area is 102 Å². The molecule has 0 unspecified atom stereocenters. The maximum atomic E-state index is 11.3. The van der Waals surface area contributed by atoms with Gasteiger partial charge in [-0.2, -0.15) is 0 Å². The number of carbonyl (C=O) groups is 1. The minimum Gasteiger partial charge on any atom is -0.497 e. The van der Waals surface area contributed by atoms with E-state index in [4.69, 9.17) is 4.74 Å². The second-order valence-electron chi connectivity index (χ2n) is 3.81. The van der Waals surface area contributed by atoms with Crippen LogP contribution in [0.3, 0.4) is 0 Å². The first-order chi connectivity index (χ1) is 8.26. The highest BCUT2D eigenvalue weighted by atomic mass is 16.5. The molecule has 0 aliphatic heterocycles. The fraction of sp³-hybridized carbons (Fsp3) is 0.462. The van der Waals surface area contributed by atoms with Crippen molar-refractivity contribution in [1.82, 2.24) is 10.6 Å². The van der Waals surface area contributed by atoms with E-state index >= 15 is 0 Å². The molecule has 2 N–H and O–H groups in total. The Hall–Kier alpha value is -1.55. The van der Waals surface area contributed by atoms with Crippen LogP contribution in [0, 0.1) is 0 Å². The van der Waals surface area contributed by atoms with Crippen molar-refractivity contribution >= 4 is 5.91 Å². The molecule has 4 heteroatoms. The standard InChI is InChI=1S/C13H20N2O2/c1-3-7-15-13(16)10-14-9-11-5-4-6-12(8-11)17-2/h4-6,8,14H,3,7,9-10H2,1-2H3,(H,15,16). The van der Waals surface area contributed by atoms with Crippen molar-refractivity contribution in [3.05, 3.63) is 29.8 Å². The van der Waals surface area contributed by atoms with E-state index in [0.717, 1.165) is 24.3 Å². The average molecular weight is 236 g/mol. The molecule has 17 heavy (non-hydrogen) atoms. The van der Waals surface area contributed by atoms with Gasteiger partial charge in [-0.25, -0.2) is 0 Å². The van der Waals surface area contributed by atoms with Crippen molar-refractivity contribution in [1.29, 1.82) is 0 Å². The summed E-state index contributed by atoms with van der Waals surface area (Å²) in [5, 5.41) is 5.91. The van der Waals surface area contributed by atoms with Gasteiger partial charge in [-0.1, -0.05) is 19.1 Å². The van der Waals surface area contributed by atoms with Gasteiger partial charge in [-0.3, -0.25) is 4.79 Å². The summed E-state index contributed by atoms with van der Waals surface area (Å²) in [6.45, 7) is 3.78. The molecule has 1 amide bonds. The van der Waals surface area contributed by atoms with E-state index in [2.05, 4.69) is 10.6 Å². The molecule has 0 saturated carbocycles. The van der Waals surface area contributed by atoms with Gasteiger partial charge in [0.2, 0.25) is 5.91 Å². The molecule has 1 rings (SSSR count). The van der Waals surface area contributed by atoms with Crippen molar-refractivity contribution in [3.63, 3.8) is 0 Å². The molecule has 0 aliphatic carbocycles. The minimum atomic E-state index is 0.0368. The molecule has 94 valence electrons. The first kappa shape index (κ1) is 13.5. The van der Waals surface area contributed by atoms with Crippen molar-refractivity contribution in [3.8, 4) is 5.75 Å². The molecule has 0 bridgehead atoms. The summed E-state index contributed by atoms with van der Waals surface area (Å²) in [6.07, 6.45) is 0.960. The van der Waals surface area contributed by atoms with Crippen LogP contribution in [0.2, 0.25) is 0 Å². The van der Waals surface area contributed by atoms with Gasteiger partial charge in [0.05, 0.1) is 13.7 Å². The summed E-state index contributed by atoms with van der Waals surface area (Å²) < 4.78 is 5.13. The van der Waals surface area contributed by atoms with Gasteiger partial charge in [0.25, 0.3) is 0 Å². The highest BCUT2D eigenvalue weighted by molar-refractivity contribution is 5.77. The van der Waals surface area contributed by atoms with E-state index in [1.165, 1.54) is 0 Å². The van der Waals surface area contributed by atoms with E-state index in [-0.39, 0.29) is 5.91 Å². The number of rotatable bonds is 7. The molecule has 0 aliphatic rings. The van der Waals surface area contributed by atoms with Gasteiger partial charge < -0.3 is 15.4 Å². The average Bonchev–Trinajstić information content (AvgIpc) is 2.36. The van der Waals surface area contributed by atoms with Crippen LogP contribution in [0.15, 0.2) is 24.3 Å². The Kier molecular flexibility index (Phi) is 6.10. The summed E-state index contributed by atoms with van der Waals surface area (Å²) in [4.78, 5) is 11.3. The number of methoxy groups -OCH3 is 1. The fourth-order valence-corrected chi connectivity index (χ4v) is 1.43. The number of benzene rings is 1. The largest absolute Gasteiger partial charge is 0.497 e. The summed E-state index contributed by atoms with van der Waals surface area (Å²) >= 11 is 0. The molecule has 0 aromatic heterocycles. The Morgan fingerprint density at radius 2 is 2.24 bits per heavy atom. The molecule has 0 radical (unpaired) electrons. The van der Waals surface area contributed by atoms with Crippen molar-refractivity contribution in [2.45, 2.75) is 19.9 Å². The van der Waals surface area contributed by atoms with Gasteiger partial charge in [0.1, 0.15) is 5.75 Å². The zero-order valence-corrected chi connectivity index (χ0v) is 10.5. The third-order valence-electron chi connectivity index (χ3n) is 2.32. The van der Waals surface area contributed by atoms with Crippen LogP contribution in [0.1, 0.15) is 18.9 Å². The van der Waals surface area contributed by atoms with Crippen LogP contribution >= 0.6 is 0 Å². The number of ether oxygens (including phenoxy) is 1. The molecule has 1 aromatic rings. The van der Waals surface area contributed by atoms with Crippen LogP contribution in [0.5, 0.6) is 5.75 Å². The first-order valence-electron chi connectivity index (χ1n) is 5.86.